The number of hydrogen-bond acceptors (Lipinski definition) is 7. The van der Waals surface area contributed by atoms with Gasteiger partial charge in [-0.05, 0) is 56.9 Å². The molecule has 0 bridgehead atoms. The van der Waals surface area contributed by atoms with Crippen LogP contribution in [0.5, 0.6) is 0 Å². The Bertz CT molecular complexity index is 1130. The summed E-state index contributed by atoms with van der Waals surface area (Å²) in [6, 6.07) is 8.36. The maximum Gasteiger partial charge on any atom is 0.407 e. The topological polar surface area (TPSA) is 152 Å². The minimum Gasteiger partial charge on any atom is -0.469 e. The minimum absolute atomic E-state index is 0.139. The first-order valence-electron chi connectivity index (χ1n) is 14.3. The SMILES string of the molecule is COC(=O)[C@@H]1CC[C@@H]1NC(=O)[C@@H]1CC[C@@H]1NC(=O)[C@@H]1CC[C@@H]1NC(=O)[C@@H]1CC[C@@H]1NC(=O)OCc1ccccc1. The highest BCUT2D eigenvalue weighted by Gasteiger charge is 2.46. The van der Waals surface area contributed by atoms with Crippen LogP contribution in [0, 0.1) is 23.7 Å². The second-order valence-electron chi connectivity index (χ2n) is 11.4. The van der Waals surface area contributed by atoms with Crippen molar-refractivity contribution in [3.05, 3.63) is 35.9 Å². The lowest BCUT2D eigenvalue weighted by atomic mass is 9.74. The highest BCUT2D eigenvalue weighted by molar-refractivity contribution is 5.87. The van der Waals surface area contributed by atoms with Gasteiger partial charge in [-0.1, -0.05) is 30.3 Å². The summed E-state index contributed by atoms with van der Waals surface area (Å²) >= 11 is 0. The van der Waals surface area contributed by atoms with Crippen molar-refractivity contribution in [2.24, 2.45) is 23.7 Å². The highest BCUT2D eigenvalue weighted by Crippen LogP contribution is 2.35. The van der Waals surface area contributed by atoms with E-state index in [1.165, 1.54) is 7.11 Å². The third kappa shape index (κ3) is 6.08. The lowest BCUT2D eigenvalue weighted by molar-refractivity contribution is -0.150. The molecule has 4 fully saturated rings. The predicted molar refractivity (Wildman–Crippen MR) is 142 cm³/mol. The van der Waals surface area contributed by atoms with E-state index >= 15 is 0 Å². The molecular formula is C29H38N4O7. The maximum atomic E-state index is 13.0. The van der Waals surface area contributed by atoms with Crippen LogP contribution in [0.4, 0.5) is 4.79 Å². The fraction of sp³-hybridized carbons (Fsp3) is 0.621. The number of esters is 1. The molecule has 4 amide bonds. The highest BCUT2D eigenvalue weighted by atomic mass is 16.5. The van der Waals surface area contributed by atoms with Gasteiger partial charge in [0.15, 0.2) is 0 Å². The van der Waals surface area contributed by atoms with E-state index in [4.69, 9.17) is 9.47 Å². The molecule has 1 aromatic carbocycles. The molecule has 4 aliphatic carbocycles. The fourth-order valence-corrected chi connectivity index (χ4v) is 5.85. The van der Waals surface area contributed by atoms with Crippen molar-refractivity contribution in [3.63, 3.8) is 0 Å². The van der Waals surface area contributed by atoms with Gasteiger partial charge in [-0.3, -0.25) is 19.2 Å². The van der Waals surface area contributed by atoms with E-state index in [9.17, 15) is 24.0 Å². The van der Waals surface area contributed by atoms with Gasteiger partial charge in [0.05, 0.1) is 30.8 Å². The molecule has 4 aliphatic rings. The lowest BCUT2D eigenvalue weighted by Gasteiger charge is -2.43. The number of benzene rings is 1. The number of alkyl carbamates (subject to hydrolysis) is 1. The van der Waals surface area contributed by atoms with E-state index in [1.807, 2.05) is 30.3 Å². The summed E-state index contributed by atoms with van der Waals surface area (Å²) in [5.74, 6) is -2.07. The van der Waals surface area contributed by atoms with Gasteiger partial charge in [0.25, 0.3) is 0 Å². The van der Waals surface area contributed by atoms with Gasteiger partial charge < -0.3 is 30.7 Å². The van der Waals surface area contributed by atoms with E-state index in [0.717, 1.165) is 12.0 Å². The Morgan fingerprint density at radius 3 is 1.45 bits per heavy atom. The van der Waals surface area contributed by atoms with Gasteiger partial charge in [-0.15, -0.1) is 0 Å². The molecule has 11 heteroatoms. The van der Waals surface area contributed by atoms with E-state index in [0.29, 0.717) is 44.9 Å². The number of methoxy groups -OCH3 is 1. The van der Waals surface area contributed by atoms with Crippen LogP contribution in [0.15, 0.2) is 30.3 Å². The third-order valence-corrected chi connectivity index (χ3v) is 9.11. The summed E-state index contributed by atoms with van der Waals surface area (Å²) in [6.07, 6.45) is 5.02. The standard InChI is InChI=1S/C29H38N4O7/c1-39-28(37)20-10-14-24(20)32-26(35)18-8-12-22(18)30-25(34)17-7-11-21(17)31-27(36)19-9-13-23(19)33-29(38)40-15-16-5-3-2-4-6-16/h2-6,17-24H,7-15H2,1H3,(H,30,34)(H,31,36)(H,32,35)(H,33,38)/t17-,18-,19-,20-,21+,22+,23+,24+/m1/s1. The molecule has 0 aromatic heterocycles. The molecule has 4 N–H and O–H groups in total. The van der Waals surface area contributed by atoms with Crippen molar-refractivity contribution in [3.8, 4) is 0 Å². The van der Waals surface area contributed by atoms with E-state index in [1.54, 1.807) is 0 Å². The molecule has 11 nitrogen and oxygen atoms in total. The van der Waals surface area contributed by atoms with Gasteiger partial charge in [0.1, 0.15) is 6.61 Å². The Morgan fingerprint density at radius 1 is 0.625 bits per heavy atom. The number of ether oxygens (including phenoxy) is 2. The number of nitrogens with one attached hydrogen (secondary N) is 4. The normalized spacial score (nSPS) is 31.9. The van der Waals surface area contributed by atoms with Crippen LogP contribution in [0.25, 0.3) is 0 Å². The van der Waals surface area contributed by atoms with Crippen LogP contribution in [0.3, 0.4) is 0 Å². The van der Waals surface area contributed by atoms with Gasteiger partial charge in [0.2, 0.25) is 17.7 Å². The summed E-state index contributed by atoms with van der Waals surface area (Å²) < 4.78 is 10.1. The molecule has 0 spiro atoms. The molecule has 0 saturated heterocycles. The van der Waals surface area contributed by atoms with Gasteiger partial charge in [0, 0.05) is 24.2 Å². The zero-order chi connectivity index (χ0) is 28.2. The maximum absolute atomic E-state index is 13.0. The molecule has 5 rings (SSSR count). The zero-order valence-corrected chi connectivity index (χ0v) is 22.7. The Kier molecular flexibility index (Phi) is 8.56. The van der Waals surface area contributed by atoms with Crippen LogP contribution >= 0.6 is 0 Å². The van der Waals surface area contributed by atoms with Crippen LogP contribution in [-0.4, -0.2) is 61.1 Å². The molecule has 8 atom stereocenters. The molecular weight excluding hydrogens is 516 g/mol. The molecule has 216 valence electrons. The number of rotatable bonds is 10. The molecule has 1 aromatic rings. The van der Waals surface area contributed by atoms with Gasteiger partial charge >= 0.3 is 12.1 Å². The minimum atomic E-state index is -0.551. The second-order valence-corrected chi connectivity index (χ2v) is 11.4. The second kappa shape index (κ2) is 12.3. The number of hydrogen-bond donors (Lipinski definition) is 4. The van der Waals surface area contributed by atoms with Crippen LogP contribution in [-0.2, 0) is 35.3 Å². The van der Waals surface area contributed by atoms with Gasteiger partial charge in [-0.25, -0.2) is 4.79 Å². The predicted octanol–water partition coefficient (Wildman–Crippen LogP) is 1.55. The largest absolute Gasteiger partial charge is 0.469 e. The third-order valence-electron chi connectivity index (χ3n) is 9.11. The Balaban J connectivity index is 1.03. The first-order valence-corrected chi connectivity index (χ1v) is 14.3. The summed E-state index contributed by atoms with van der Waals surface area (Å²) in [6.45, 7) is 0.160. The molecule has 0 unspecified atom stereocenters. The fourth-order valence-electron chi connectivity index (χ4n) is 5.85. The lowest BCUT2D eigenvalue weighted by Crippen LogP contribution is -2.61. The summed E-state index contributed by atoms with van der Waals surface area (Å²) in [5.41, 5.74) is 0.884. The smallest absolute Gasteiger partial charge is 0.407 e. The average molecular weight is 555 g/mol. The number of carbonyl (C=O) groups excluding carboxylic acids is 5. The summed E-state index contributed by atoms with van der Waals surface area (Å²) in [4.78, 5) is 62.7. The summed E-state index contributed by atoms with van der Waals surface area (Å²) in [7, 11) is 1.35. The Labute approximate surface area is 233 Å². The molecule has 4 saturated carbocycles. The monoisotopic (exact) mass is 554 g/mol. The number of amides is 4. The molecule has 0 aliphatic heterocycles. The quantitative estimate of drug-likeness (QED) is 0.320. The van der Waals surface area contributed by atoms with Crippen molar-refractivity contribution >= 4 is 29.8 Å². The first kappa shape index (κ1) is 27.9. The van der Waals surface area contributed by atoms with Crippen LogP contribution < -0.4 is 21.3 Å². The van der Waals surface area contributed by atoms with Crippen molar-refractivity contribution in [1.29, 1.82) is 0 Å². The van der Waals surface area contributed by atoms with Crippen molar-refractivity contribution < 1.29 is 33.4 Å². The van der Waals surface area contributed by atoms with Gasteiger partial charge in [-0.2, -0.15) is 0 Å². The van der Waals surface area contributed by atoms with Crippen molar-refractivity contribution in [1.82, 2.24) is 21.3 Å². The van der Waals surface area contributed by atoms with Crippen molar-refractivity contribution in [2.45, 2.75) is 82.1 Å². The Hall–Kier alpha value is -3.63. The zero-order valence-electron chi connectivity index (χ0n) is 22.7. The first-order chi connectivity index (χ1) is 19.3. The molecule has 0 heterocycles. The van der Waals surface area contributed by atoms with Crippen LogP contribution in [0.1, 0.15) is 56.9 Å². The molecule has 40 heavy (non-hydrogen) atoms. The van der Waals surface area contributed by atoms with Crippen molar-refractivity contribution in [2.75, 3.05) is 7.11 Å². The van der Waals surface area contributed by atoms with Crippen LogP contribution in [0.2, 0.25) is 0 Å². The number of carbonyl (C=O) groups is 5. The van der Waals surface area contributed by atoms with E-state index < -0.39 is 6.09 Å². The van der Waals surface area contributed by atoms with E-state index in [-0.39, 0.29) is 78.1 Å². The molecule has 0 radical (unpaired) electrons. The Morgan fingerprint density at radius 2 is 1.05 bits per heavy atom. The summed E-state index contributed by atoms with van der Waals surface area (Å²) in [5, 5.41) is 11.7. The van der Waals surface area contributed by atoms with E-state index in [2.05, 4.69) is 21.3 Å². The average Bonchev–Trinajstić information content (AvgIpc) is 2.88.